The lowest BCUT2D eigenvalue weighted by Crippen LogP contribution is -2.33. The molecule has 2 aromatic heterocycles. The van der Waals surface area contributed by atoms with Crippen molar-refractivity contribution < 1.29 is 4.39 Å². The molecule has 5 rings (SSSR count). The Morgan fingerprint density at radius 1 is 1.04 bits per heavy atom. The fourth-order valence-corrected chi connectivity index (χ4v) is 3.94. The van der Waals surface area contributed by atoms with E-state index in [0.717, 1.165) is 40.7 Å². The first kappa shape index (κ1) is 17.2. The van der Waals surface area contributed by atoms with Gasteiger partial charge in [0.1, 0.15) is 11.5 Å². The molecular weight excluding hydrogens is 355 g/mol. The molecule has 1 aliphatic heterocycles. The van der Waals surface area contributed by atoms with Crippen LogP contribution in [0.1, 0.15) is 19.3 Å². The molecule has 0 amide bonds. The van der Waals surface area contributed by atoms with E-state index < -0.39 is 0 Å². The summed E-state index contributed by atoms with van der Waals surface area (Å²) in [5.74, 6) is 0.351. The predicted molar refractivity (Wildman–Crippen MR) is 110 cm³/mol. The lowest BCUT2D eigenvalue weighted by molar-refractivity contribution is 0.237. The standard InChI is InChI=1S/C21H23FN6/c22-14-4-6-17-16(12-14)20(27-26-17)21-24-18-7-5-15(13-19(18)25-21)23-8-11-28-9-2-1-3-10-28/h4-7,12-13,23H,1-3,8-11H2,(H,24,25)(H,26,27). The molecule has 0 spiro atoms. The molecule has 1 fully saturated rings. The Kier molecular flexibility index (Phi) is 4.44. The van der Waals surface area contributed by atoms with Gasteiger partial charge in [-0.25, -0.2) is 9.37 Å². The Bertz CT molecular complexity index is 1110. The molecule has 1 aliphatic rings. The minimum atomic E-state index is -0.286. The molecule has 2 aromatic carbocycles. The lowest BCUT2D eigenvalue weighted by atomic mass is 10.1. The molecule has 28 heavy (non-hydrogen) atoms. The molecule has 1 saturated heterocycles. The van der Waals surface area contributed by atoms with E-state index in [0.29, 0.717) is 11.5 Å². The Morgan fingerprint density at radius 2 is 1.93 bits per heavy atom. The van der Waals surface area contributed by atoms with Crippen LogP contribution >= 0.6 is 0 Å². The van der Waals surface area contributed by atoms with Crippen molar-refractivity contribution >= 4 is 27.6 Å². The molecule has 0 aliphatic carbocycles. The van der Waals surface area contributed by atoms with Gasteiger partial charge < -0.3 is 15.2 Å². The Morgan fingerprint density at radius 3 is 2.82 bits per heavy atom. The van der Waals surface area contributed by atoms with Crippen molar-refractivity contribution in [1.82, 2.24) is 25.1 Å². The molecule has 0 bridgehead atoms. The molecule has 4 aromatic rings. The van der Waals surface area contributed by atoms with Crippen molar-refractivity contribution in [2.75, 3.05) is 31.5 Å². The van der Waals surface area contributed by atoms with E-state index in [-0.39, 0.29) is 5.82 Å². The lowest BCUT2D eigenvalue weighted by Gasteiger charge is -2.26. The first-order chi connectivity index (χ1) is 13.8. The number of nitrogens with zero attached hydrogens (tertiary/aromatic N) is 3. The van der Waals surface area contributed by atoms with Crippen LogP contribution in [0.2, 0.25) is 0 Å². The predicted octanol–water partition coefficient (Wildman–Crippen LogP) is 4.14. The van der Waals surface area contributed by atoms with Gasteiger partial charge in [0.25, 0.3) is 0 Å². The summed E-state index contributed by atoms with van der Waals surface area (Å²) in [4.78, 5) is 10.5. The van der Waals surface area contributed by atoms with E-state index in [4.69, 9.17) is 0 Å². The van der Waals surface area contributed by atoms with Crippen LogP contribution in [0, 0.1) is 5.82 Å². The largest absolute Gasteiger partial charge is 0.384 e. The summed E-state index contributed by atoms with van der Waals surface area (Å²) >= 11 is 0. The minimum Gasteiger partial charge on any atom is -0.384 e. The fraction of sp³-hybridized carbons (Fsp3) is 0.333. The van der Waals surface area contributed by atoms with Gasteiger partial charge in [0.15, 0.2) is 5.82 Å². The number of aromatic amines is 2. The fourth-order valence-electron chi connectivity index (χ4n) is 3.94. The van der Waals surface area contributed by atoms with Crippen LogP contribution in [-0.2, 0) is 0 Å². The molecule has 144 valence electrons. The summed E-state index contributed by atoms with van der Waals surface area (Å²) < 4.78 is 13.6. The van der Waals surface area contributed by atoms with E-state index in [1.165, 1.54) is 44.5 Å². The van der Waals surface area contributed by atoms with Gasteiger partial charge in [0.2, 0.25) is 0 Å². The summed E-state index contributed by atoms with van der Waals surface area (Å²) in [5.41, 5.74) is 4.29. The van der Waals surface area contributed by atoms with E-state index in [9.17, 15) is 4.39 Å². The number of rotatable bonds is 5. The van der Waals surface area contributed by atoms with Gasteiger partial charge >= 0.3 is 0 Å². The van der Waals surface area contributed by atoms with Gasteiger partial charge in [-0.05, 0) is 62.3 Å². The maximum Gasteiger partial charge on any atom is 0.159 e. The van der Waals surface area contributed by atoms with E-state index in [2.05, 4.69) is 36.4 Å². The Hall–Kier alpha value is -2.93. The number of piperidine rings is 1. The van der Waals surface area contributed by atoms with Crippen molar-refractivity contribution in [3.05, 3.63) is 42.2 Å². The number of hydrogen-bond acceptors (Lipinski definition) is 4. The summed E-state index contributed by atoms with van der Waals surface area (Å²) in [5, 5.41) is 11.5. The second-order valence-corrected chi connectivity index (χ2v) is 7.41. The highest BCUT2D eigenvalue weighted by atomic mass is 19.1. The quantitative estimate of drug-likeness (QED) is 0.488. The van der Waals surface area contributed by atoms with E-state index >= 15 is 0 Å². The number of benzene rings is 2. The van der Waals surface area contributed by atoms with Crippen LogP contribution in [0.3, 0.4) is 0 Å². The highest BCUT2D eigenvalue weighted by Crippen LogP contribution is 2.27. The number of fused-ring (bicyclic) bond motifs is 2. The second kappa shape index (κ2) is 7.24. The van der Waals surface area contributed by atoms with Crippen LogP contribution < -0.4 is 5.32 Å². The second-order valence-electron chi connectivity index (χ2n) is 7.41. The summed E-state index contributed by atoms with van der Waals surface area (Å²) in [7, 11) is 0. The van der Waals surface area contributed by atoms with Crippen LogP contribution in [0.5, 0.6) is 0 Å². The minimum absolute atomic E-state index is 0.286. The number of likely N-dealkylation sites (tertiary alicyclic amines) is 1. The van der Waals surface area contributed by atoms with E-state index in [1.54, 1.807) is 6.07 Å². The van der Waals surface area contributed by atoms with Gasteiger partial charge in [-0.15, -0.1) is 0 Å². The van der Waals surface area contributed by atoms with Crippen molar-refractivity contribution in [1.29, 1.82) is 0 Å². The number of nitrogens with one attached hydrogen (secondary N) is 3. The van der Waals surface area contributed by atoms with Gasteiger partial charge in [0, 0.05) is 24.2 Å². The zero-order valence-corrected chi connectivity index (χ0v) is 15.6. The number of halogens is 1. The molecule has 3 heterocycles. The molecule has 0 saturated carbocycles. The zero-order valence-electron chi connectivity index (χ0n) is 15.6. The van der Waals surface area contributed by atoms with Crippen molar-refractivity contribution in [3.8, 4) is 11.5 Å². The summed E-state index contributed by atoms with van der Waals surface area (Å²) in [6.45, 7) is 4.42. The van der Waals surface area contributed by atoms with Crippen LogP contribution in [-0.4, -0.2) is 51.2 Å². The van der Waals surface area contributed by atoms with E-state index in [1.807, 2.05) is 12.1 Å². The molecule has 0 atom stereocenters. The van der Waals surface area contributed by atoms with Gasteiger partial charge in [-0.2, -0.15) is 5.10 Å². The number of aromatic nitrogens is 4. The third kappa shape index (κ3) is 3.33. The normalized spacial score (nSPS) is 15.5. The highest BCUT2D eigenvalue weighted by molar-refractivity contribution is 5.93. The summed E-state index contributed by atoms with van der Waals surface area (Å²) in [6, 6.07) is 10.7. The number of anilines is 1. The maximum atomic E-state index is 13.6. The smallest absolute Gasteiger partial charge is 0.159 e. The van der Waals surface area contributed by atoms with Gasteiger partial charge in [-0.1, -0.05) is 6.42 Å². The van der Waals surface area contributed by atoms with Crippen LogP contribution in [0.4, 0.5) is 10.1 Å². The van der Waals surface area contributed by atoms with Crippen molar-refractivity contribution in [2.24, 2.45) is 0 Å². The third-order valence-electron chi connectivity index (χ3n) is 5.44. The number of imidazole rings is 1. The molecule has 7 heteroatoms. The van der Waals surface area contributed by atoms with Gasteiger partial charge in [0.05, 0.1) is 16.6 Å². The zero-order chi connectivity index (χ0) is 18.9. The molecular formula is C21H23FN6. The molecule has 0 unspecified atom stereocenters. The van der Waals surface area contributed by atoms with Crippen LogP contribution in [0.25, 0.3) is 33.5 Å². The Labute approximate surface area is 162 Å². The van der Waals surface area contributed by atoms with Crippen molar-refractivity contribution in [2.45, 2.75) is 19.3 Å². The molecule has 3 N–H and O–H groups in total. The average molecular weight is 378 g/mol. The average Bonchev–Trinajstić information content (AvgIpc) is 3.31. The third-order valence-corrected chi connectivity index (χ3v) is 5.44. The first-order valence-electron chi connectivity index (χ1n) is 9.86. The topological polar surface area (TPSA) is 72.6 Å². The highest BCUT2D eigenvalue weighted by Gasteiger charge is 2.14. The number of H-pyrrole nitrogens is 2. The monoisotopic (exact) mass is 378 g/mol. The molecule has 6 nitrogen and oxygen atoms in total. The van der Waals surface area contributed by atoms with Gasteiger partial charge in [-0.3, -0.25) is 5.10 Å². The SMILES string of the molecule is Fc1ccc2[nH]nc(-c3nc4ccc(NCCN5CCCCC5)cc4[nH]3)c2c1. The van der Waals surface area contributed by atoms with Crippen LogP contribution in [0.15, 0.2) is 36.4 Å². The Balaban J connectivity index is 1.35. The van der Waals surface area contributed by atoms with Crippen molar-refractivity contribution in [3.63, 3.8) is 0 Å². The maximum absolute atomic E-state index is 13.6. The summed E-state index contributed by atoms with van der Waals surface area (Å²) in [6.07, 6.45) is 3.99. The number of hydrogen-bond donors (Lipinski definition) is 3. The first-order valence-corrected chi connectivity index (χ1v) is 9.86. The molecule has 0 radical (unpaired) electrons.